The number of rotatable bonds is 3. The van der Waals surface area contributed by atoms with Crippen molar-refractivity contribution in [3.63, 3.8) is 0 Å². The van der Waals surface area contributed by atoms with Crippen LogP contribution >= 0.6 is 11.6 Å². The van der Waals surface area contributed by atoms with Crippen molar-refractivity contribution in [1.29, 1.82) is 5.26 Å². The van der Waals surface area contributed by atoms with E-state index in [0.717, 1.165) is 0 Å². The molecule has 1 N–H and O–H groups in total. The Morgan fingerprint density at radius 1 is 1.73 bits per heavy atom. The van der Waals surface area contributed by atoms with Crippen molar-refractivity contribution >= 4 is 17.5 Å². The summed E-state index contributed by atoms with van der Waals surface area (Å²) in [5.41, 5.74) is 0.146. The van der Waals surface area contributed by atoms with Crippen LogP contribution in [0.15, 0.2) is 12.4 Å². The summed E-state index contributed by atoms with van der Waals surface area (Å²) in [6, 6.07) is 1.74. The van der Waals surface area contributed by atoms with E-state index in [1.165, 1.54) is 12.4 Å². The highest BCUT2D eigenvalue weighted by atomic mass is 35.5. The van der Waals surface area contributed by atoms with Crippen molar-refractivity contribution in [3.05, 3.63) is 23.2 Å². The standard InChI is InChI=1S/C9H9ClN4O/c1-6(2-3-11)13-9(15)7-4-12-5-8(10)14-7/h4-6H,2H2,1H3,(H,13,15). The van der Waals surface area contributed by atoms with Gasteiger partial charge in [0.1, 0.15) is 10.8 Å². The molecule has 1 amide bonds. The second-order valence-corrected chi connectivity index (χ2v) is 3.35. The average molecular weight is 225 g/mol. The Kier molecular flexibility index (Phi) is 4.01. The first kappa shape index (κ1) is 11.4. The van der Waals surface area contributed by atoms with E-state index in [9.17, 15) is 4.79 Å². The fourth-order valence-corrected chi connectivity index (χ4v) is 1.08. The lowest BCUT2D eigenvalue weighted by atomic mass is 10.2. The average Bonchev–Trinajstić information content (AvgIpc) is 2.18. The number of nitriles is 1. The fourth-order valence-electron chi connectivity index (χ4n) is 0.937. The summed E-state index contributed by atoms with van der Waals surface area (Å²) < 4.78 is 0. The normalized spacial score (nSPS) is 11.5. The van der Waals surface area contributed by atoms with Crippen LogP contribution in [0.4, 0.5) is 0 Å². The highest BCUT2D eigenvalue weighted by Gasteiger charge is 2.11. The zero-order valence-electron chi connectivity index (χ0n) is 8.07. The minimum absolute atomic E-state index is 0.146. The largest absolute Gasteiger partial charge is 0.347 e. The number of carbonyl (C=O) groups excluding carboxylic acids is 1. The topological polar surface area (TPSA) is 78.7 Å². The summed E-state index contributed by atoms with van der Waals surface area (Å²) in [5, 5.41) is 11.2. The van der Waals surface area contributed by atoms with E-state index in [-0.39, 0.29) is 29.2 Å². The van der Waals surface area contributed by atoms with E-state index in [1.807, 2.05) is 6.07 Å². The number of amides is 1. The van der Waals surface area contributed by atoms with E-state index in [2.05, 4.69) is 15.3 Å². The molecule has 1 unspecified atom stereocenters. The van der Waals surface area contributed by atoms with Gasteiger partial charge in [-0.3, -0.25) is 9.78 Å². The molecule has 0 radical (unpaired) electrons. The Morgan fingerprint density at radius 2 is 2.47 bits per heavy atom. The SMILES string of the molecule is CC(CC#N)NC(=O)c1cncc(Cl)n1. The highest BCUT2D eigenvalue weighted by Crippen LogP contribution is 2.02. The Morgan fingerprint density at radius 3 is 3.07 bits per heavy atom. The Bertz CT molecular complexity index is 401. The molecule has 0 aromatic carbocycles. The zero-order chi connectivity index (χ0) is 11.3. The lowest BCUT2D eigenvalue weighted by molar-refractivity contribution is 0.0935. The molecule has 0 bridgehead atoms. The molecule has 0 spiro atoms. The predicted octanol–water partition coefficient (Wildman–Crippen LogP) is 1.16. The molecule has 0 saturated heterocycles. The molecule has 0 fully saturated rings. The van der Waals surface area contributed by atoms with Gasteiger partial charge in [-0.05, 0) is 6.92 Å². The molecule has 0 aliphatic heterocycles. The van der Waals surface area contributed by atoms with Crippen LogP contribution in [-0.4, -0.2) is 21.9 Å². The van der Waals surface area contributed by atoms with Crippen molar-refractivity contribution in [3.8, 4) is 6.07 Å². The fraction of sp³-hybridized carbons (Fsp3) is 0.333. The molecule has 0 saturated carbocycles. The van der Waals surface area contributed by atoms with Crippen LogP contribution in [-0.2, 0) is 0 Å². The second kappa shape index (κ2) is 5.27. The van der Waals surface area contributed by atoms with Crippen molar-refractivity contribution in [1.82, 2.24) is 15.3 Å². The molecular weight excluding hydrogens is 216 g/mol. The van der Waals surface area contributed by atoms with Gasteiger partial charge in [-0.1, -0.05) is 11.6 Å². The third-order valence-corrected chi connectivity index (χ3v) is 1.79. The van der Waals surface area contributed by atoms with Gasteiger partial charge in [0, 0.05) is 6.04 Å². The smallest absolute Gasteiger partial charge is 0.271 e. The van der Waals surface area contributed by atoms with Crippen molar-refractivity contribution in [2.45, 2.75) is 19.4 Å². The maximum Gasteiger partial charge on any atom is 0.271 e. The van der Waals surface area contributed by atoms with E-state index < -0.39 is 0 Å². The van der Waals surface area contributed by atoms with Gasteiger partial charge < -0.3 is 5.32 Å². The molecule has 1 aromatic heterocycles. The number of aromatic nitrogens is 2. The van der Waals surface area contributed by atoms with Crippen LogP contribution in [0.1, 0.15) is 23.8 Å². The third kappa shape index (κ3) is 3.52. The lowest BCUT2D eigenvalue weighted by Crippen LogP contribution is -2.32. The Balaban J connectivity index is 2.66. The molecule has 5 nitrogen and oxygen atoms in total. The van der Waals surface area contributed by atoms with Crippen LogP contribution in [0.3, 0.4) is 0 Å². The van der Waals surface area contributed by atoms with E-state index in [0.29, 0.717) is 0 Å². The van der Waals surface area contributed by atoms with E-state index in [4.69, 9.17) is 16.9 Å². The van der Waals surface area contributed by atoms with Gasteiger partial charge >= 0.3 is 0 Å². The van der Waals surface area contributed by atoms with Gasteiger partial charge in [-0.25, -0.2) is 4.98 Å². The minimum atomic E-state index is -0.382. The maximum atomic E-state index is 11.5. The molecule has 1 atom stereocenters. The maximum absolute atomic E-state index is 11.5. The summed E-state index contributed by atoms with van der Waals surface area (Å²) in [5.74, 6) is -0.382. The quantitative estimate of drug-likeness (QED) is 0.836. The van der Waals surface area contributed by atoms with Gasteiger partial charge in [-0.15, -0.1) is 0 Å². The number of halogens is 1. The molecule has 15 heavy (non-hydrogen) atoms. The Hall–Kier alpha value is -1.67. The monoisotopic (exact) mass is 224 g/mol. The summed E-state index contributed by atoms with van der Waals surface area (Å²) in [6.07, 6.45) is 2.91. The van der Waals surface area contributed by atoms with Crippen LogP contribution < -0.4 is 5.32 Å². The van der Waals surface area contributed by atoms with Gasteiger partial charge in [0.2, 0.25) is 0 Å². The lowest BCUT2D eigenvalue weighted by Gasteiger charge is -2.09. The van der Waals surface area contributed by atoms with Gasteiger partial charge in [-0.2, -0.15) is 5.26 Å². The summed E-state index contributed by atoms with van der Waals surface area (Å²) in [7, 11) is 0. The van der Waals surface area contributed by atoms with Crippen molar-refractivity contribution in [2.75, 3.05) is 0 Å². The molecule has 78 valence electrons. The third-order valence-electron chi connectivity index (χ3n) is 1.61. The summed E-state index contributed by atoms with van der Waals surface area (Å²) >= 11 is 5.58. The first-order chi connectivity index (χ1) is 7.13. The van der Waals surface area contributed by atoms with Gasteiger partial charge in [0.25, 0.3) is 5.91 Å². The molecule has 6 heteroatoms. The summed E-state index contributed by atoms with van der Waals surface area (Å²) in [6.45, 7) is 1.74. The first-order valence-electron chi connectivity index (χ1n) is 4.29. The van der Waals surface area contributed by atoms with E-state index >= 15 is 0 Å². The van der Waals surface area contributed by atoms with Crippen LogP contribution in [0.25, 0.3) is 0 Å². The van der Waals surface area contributed by atoms with Crippen molar-refractivity contribution in [2.24, 2.45) is 0 Å². The number of hydrogen-bond acceptors (Lipinski definition) is 4. The minimum Gasteiger partial charge on any atom is -0.347 e. The molecule has 1 rings (SSSR count). The second-order valence-electron chi connectivity index (χ2n) is 2.96. The number of carbonyl (C=O) groups is 1. The van der Waals surface area contributed by atoms with Gasteiger partial charge in [0.05, 0.1) is 24.9 Å². The number of hydrogen-bond donors (Lipinski definition) is 1. The highest BCUT2D eigenvalue weighted by molar-refractivity contribution is 6.29. The predicted molar refractivity (Wildman–Crippen MR) is 54.2 cm³/mol. The molecule has 0 aliphatic carbocycles. The molecule has 1 heterocycles. The van der Waals surface area contributed by atoms with Crippen molar-refractivity contribution < 1.29 is 4.79 Å². The Labute approximate surface area is 92.1 Å². The number of nitrogens with zero attached hydrogens (tertiary/aromatic N) is 3. The van der Waals surface area contributed by atoms with Crippen LogP contribution in [0, 0.1) is 11.3 Å². The zero-order valence-corrected chi connectivity index (χ0v) is 8.82. The molecule has 1 aromatic rings. The first-order valence-corrected chi connectivity index (χ1v) is 4.66. The number of nitrogens with one attached hydrogen (secondary N) is 1. The molecular formula is C9H9ClN4O. The molecule has 0 aliphatic rings. The van der Waals surface area contributed by atoms with Gasteiger partial charge in [0.15, 0.2) is 0 Å². The van der Waals surface area contributed by atoms with E-state index in [1.54, 1.807) is 6.92 Å². The summed E-state index contributed by atoms with van der Waals surface area (Å²) in [4.78, 5) is 19.0. The van der Waals surface area contributed by atoms with Crippen LogP contribution in [0.2, 0.25) is 5.15 Å². The van der Waals surface area contributed by atoms with Crippen LogP contribution in [0.5, 0.6) is 0 Å².